The van der Waals surface area contributed by atoms with E-state index in [9.17, 15) is 18.0 Å². The first-order valence-electron chi connectivity index (χ1n) is 12.7. The van der Waals surface area contributed by atoms with E-state index in [0.29, 0.717) is 18.4 Å². The summed E-state index contributed by atoms with van der Waals surface area (Å²) in [6.45, 7) is 4.71. The van der Waals surface area contributed by atoms with Crippen molar-refractivity contribution in [3.05, 3.63) is 113 Å². The number of anilines is 2. The highest BCUT2D eigenvalue weighted by Crippen LogP contribution is 2.32. The number of hydrogen-bond acceptors (Lipinski definition) is 5. The van der Waals surface area contributed by atoms with Crippen molar-refractivity contribution >= 4 is 33.3 Å². The number of hydrogen-bond donors (Lipinski definition) is 2. The van der Waals surface area contributed by atoms with Crippen molar-refractivity contribution in [2.75, 3.05) is 23.0 Å². The van der Waals surface area contributed by atoms with E-state index in [1.807, 2.05) is 78.6 Å². The van der Waals surface area contributed by atoms with E-state index in [1.54, 1.807) is 6.20 Å². The Balaban J connectivity index is 0.000000681. The molecule has 40 heavy (non-hydrogen) atoms. The molecule has 5 rings (SSSR count). The Morgan fingerprint density at radius 1 is 0.950 bits per heavy atom. The van der Waals surface area contributed by atoms with Crippen LogP contribution >= 0.6 is 0 Å². The number of amides is 2. The second kappa shape index (κ2) is 12.2. The topological polar surface area (TPSA) is 117 Å². The lowest BCUT2D eigenvalue weighted by atomic mass is 9.96. The van der Waals surface area contributed by atoms with Crippen LogP contribution in [-0.2, 0) is 27.8 Å². The van der Waals surface area contributed by atoms with Crippen LogP contribution in [0, 0.1) is 13.8 Å². The van der Waals surface area contributed by atoms with Crippen LogP contribution in [0.25, 0.3) is 11.1 Å². The Labute approximate surface area is 234 Å². The molecule has 1 aliphatic heterocycles. The first kappa shape index (κ1) is 28.7. The van der Waals surface area contributed by atoms with Gasteiger partial charge in [-0.15, -0.1) is 0 Å². The molecule has 206 valence electrons. The molecule has 0 radical (unpaired) electrons. The molecule has 8 nitrogen and oxygen atoms in total. The normalized spacial score (nSPS) is 12.2. The second-order valence-corrected chi connectivity index (χ2v) is 11.2. The minimum Gasteiger partial charge on any atom is -0.322 e. The second-order valence-electron chi connectivity index (χ2n) is 9.74. The predicted molar refractivity (Wildman–Crippen MR) is 157 cm³/mol. The molecule has 0 atom stereocenters. The third-order valence-corrected chi connectivity index (χ3v) is 6.37. The molecule has 0 saturated carbocycles. The van der Waals surface area contributed by atoms with Gasteiger partial charge in [0.2, 0.25) is 5.91 Å². The number of carbonyl (C=O) groups excluding carboxylic acids is 2. The highest BCUT2D eigenvalue weighted by molar-refractivity contribution is 7.85. The van der Waals surface area contributed by atoms with Gasteiger partial charge in [-0.05, 0) is 73.4 Å². The Morgan fingerprint density at radius 3 is 2.33 bits per heavy atom. The van der Waals surface area contributed by atoms with Gasteiger partial charge in [0.05, 0.1) is 12.7 Å². The highest BCUT2D eigenvalue weighted by atomic mass is 32.2. The number of nitrogens with one attached hydrogen (secondary N) is 1. The summed E-state index contributed by atoms with van der Waals surface area (Å²) >= 11 is 0. The molecular weight excluding hydrogens is 526 g/mol. The summed E-state index contributed by atoms with van der Waals surface area (Å²) in [6, 6.07) is 25.5. The molecule has 0 aliphatic carbocycles. The first-order chi connectivity index (χ1) is 19.0. The Kier molecular flexibility index (Phi) is 8.77. The van der Waals surface area contributed by atoms with E-state index in [4.69, 9.17) is 4.55 Å². The zero-order valence-electron chi connectivity index (χ0n) is 22.6. The van der Waals surface area contributed by atoms with E-state index in [2.05, 4.69) is 29.4 Å². The van der Waals surface area contributed by atoms with Crippen molar-refractivity contribution in [3.63, 3.8) is 0 Å². The molecule has 0 saturated heterocycles. The highest BCUT2D eigenvalue weighted by Gasteiger charge is 2.25. The molecule has 0 unspecified atom stereocenters. The lowest BCUT2D eigenvalue weighted by Gasteiger charge is -2.18. The number of aryl methyl sites for hydroxylation is 2. The van der Waals surface area contributed by atoms with Crippen LogP contribution in [0.3, 0.4) is 0 Å². The van der Waals surface area contributed by atoms with Crippen LogP contribution in [0.5, 0.6) is 0 Å². The van der Waals surface area contributed by atoms with Crippen molar-refractivity contribution in [2.45, 2.75) is 26.7 Å². The Bertz CT molecular complexity index is 1630. The van der Waals surface area contributed by atoms with Gasteiger partial charge in [-0.3, -0.25) is 19.1 Å². The molecule has 2 amide bonds. The van der Waals surface area contributed by atoms with Crippen LogP contribution < -0.4 is 10.2 Å². The fourth-order valence-corrected chi connectivity index (χ4v) is 4.52. The molecule has 1 aliphatic rings. The van der Waals surface area contributed by atoms with Crippen LogP contribution in [0.2, 0.25) is 0 Å². The van der Waals surface area contributed by atoms with E-state index in [1.165, 1.54) is 5.56 Å². The van der Waals surface area contributed by atoms with Crippen molar-refractivity contribution in [1.29, 1.82) is 0 Å². The molecule has 9 heteroatoms. The molecule has 2 heterocycles. The van der Waals surface area contributed by atoms with Crippen molar-refractivity contribution in [2.24, 2.45) is 0 Å². The van der Waals surface area contributed by atoms with E-state index >= 15 is 0 Å². The predicted octanol–water partition coefficient (Wildman–Crippen LogP) is 5.25. The average Bonchev–Trinajstić information content (AvgIpc) is 3.32. The summed E-state index contributed by atoms with van der Waals surface area (Å²) in [5.74, 6) is -0.122. The lowest BCUT2D eigenvalue weighted by Crippen LogP contribution is -2.30. The number of pyridine rings is 1. The van der Waals surface area contributed by atoms with Gasteiger partial charge in [-0.25, -0.2) is 0 Å². The maximum absolute atomic E-state index is 13.3. The zero-order valence-corrected chi connectivity index (χ0v) is 23.4. The van der Waals surface area contributed by atoms with Gasteiger partial charge in [-0.1, -0.05) is 53.6 Å². The van der Waals surface area contributed by atoms with Gasteiger partial charge < -0.3 is 10.2 Å². The van der Waals surface area contributed by atoms with Gasteiger partial charge in [0, 0.05) is 35.4 Å². The van der Waals surface area contributed by atoms with Crippen LogP contribution in [-0.4, -0.2) is 42.6 Å². The summed E-state index contributed by atoms with van der Waals surface area (Å²) in [5.41, 5.74) is 8.28. The third kappa shape index (κ3) is 7.62. The van der Waals surface area contributed by atoms with Crippen LogP contribution in [0.1, 0.15) is 32.7 Å². The van der Waals surface area contributed by atoms with Crippen molar-refractivity contribution < 1.29 is 22.6 Å². The molecule has 2 N–H and O–H groups in total. The molecule has 0 spiro atoms. The number of rotatable bonds is 5. The quantitative estimate of drug-likeness (QED) is 0.324. The standard InChI is InChI=1S/C30H27N3O2.CH4O3S/c1-20-6-9-22(10-7-20)27-17-21(2)8-12-26(27)30(35)32-25-11-13-28-23(18-25)14-16-33(28)29(34)19-24-5-3-4-15-31-24;1-5(2,3)4/h3-13,15,17-18H,14,16,19H2,1-2H3,(H,32,35);1H3,(H,2,3,4). The number of nitrogens with zero attached hydrogens (tertiary/aromatic N) is 2. The number of carbonyl (C=O) groups is 2. The molecule has 0 bridgehead atoms. The summed E-state index contributed by atoms with van der Waals surface area (Å²) < 4.78 is 25.9. The average molecular weight is 558 g/mol. The molecule has 1 aromatic heterocycles. The van der Waals surface area contributed by atoms with Gasteiger partial charge in [0.15, 0.2) is 0 Å². The number of benzene rings is 3. The minimum absolute atomic E-state index is 0.0293. The van der Waals surface area contributed by atoms with Gasteiger partial charge >= 0.3 is 0 Å². The van der Waals surface area contributed by atoms with E-state index < -0.39 is 10.1 Å². The Hall–Kier alpha value is -4.34. The van der Waals surface area contributed by atoms with Crippen LogP contribution in [0.4, 0.5) is 11.4 Å². The first-order valence-corrected chi connectivity index (χ1v) is 14.6. The number of aromatic nitrogens is 1. The van der Waals surface area contributed by atoms with E-state index in [0.717, 1.165) is 45.7 Å². The molecular formula is C31H31N3O5S. The van der Waals surface area contributed by atoms with Crippen molar-refractivity contribution in [1.82, 2.24) is 4.98 Å². The summed E-state index contributed by atoms with van der Waals surface area (Å²) in [7, 11) is -3.67. The summed E-state index contributed by atoms with van der Waals surface area (Å²) in [5, 5.41) is 3.06. The van der Waals surface area contributed by atoms with Gasteiger partial charge in [0.25, 0.3) is 16.0 Å². The monoisotopic (exact) mass is 557 g/mol. The molecule has 3 aromatic carbocycles. The lowest BCUT2D eigenvalue weighted by molar-refractivity contribution is -0.117. The molecule has 4 aromatic rings. The van der Waals surface area contributed by atoms with Crippen molar-refractivity contribution in [3.8, 4) is 11.1 Å². The Morgan fingerprint density at radius 2 is 1.65 bits per heavy atom. The van der Waals surface area contributed by atoms with Crippen LogP contribution in [0.15, 0.2) is 85.1 Å². The fraction of sp³-hybridized carbons (Fsp3) is 0.194. The smallest absolute Gasteiger partial charge is 0.261 e. The maximum atomic E-state index is 13.3. The third-order valence-electron chi connectivity index (χ3n) is 6.37. The fourth-order valence-electron chi connectivity index (χ4n) is 4.52. The SMILES string of the molecule is CS(=O)(=O)O.Cc1ccc(-c2cc(C)ccc2C(=O)Nc2ccc3c(c2)CCN3C(=O)Cc2ccccn2)cc1. The van der Waals surface area contributed by atoms with Gasteiger partial charge in [-0.2, -0.15) is 8.42 Å². The largest absolute Gasteiger partial charge is 0.322 e. The maximum Gasteiger partial charge on any atom is 0.261 e. The minimum atomic E-state index is -3.67. The summed E-state index contributed by atoms with van der Waals surface area (Å²) in [6.07, 6.45) is 3.45. The summed E-state index contributed by atoms with van der Waals surface area (Å²) in [4.78, 5) is 32.2. The zero-order chi connectivity index (χ0) is 28.9. The van der Waals surface area contributed by atoms with E-state index in [-0.39, 0.29) is 18.2 Å². The number of fused-ring (bicyclic) bond motifs is 1. The van der Waals surface area contributed by atoms with Gasteiger partial charge in [0.1, 0.15) is 0 Å². The molecule has 0 fully saturated rings.